The highest BCUT2D eigenvalue weighted by Gasteiger charge is 2.35. The number of alkyl halides is 3. The summed E-state index contributed by atoms with van der Waals surface area (Å²) in [7, 11) is 0. The van der Waals surface area contributed by atoms with Gasteiger partial charge in [-0.1, -0.05) is 78.9 Å². The Hall–Kier alpha value is -4.92. The molecular weight excluding hydrogens is 581 g/mol. The zero-order chi connectivity index (χ0) is 32.1. The van der Waals surface area contributed by atoms with Crippen LogP contribution in [-0.4, -0.2) is 51.8 Å². The number of hydrogen-bond donors (Lipinski definition) is 1. The smallest absolute Gasteiger partial charge is 0.416 e. The van der Waals surface area contributed by atoms with Gasteiger partial charge in [0.1, 0.15) is 0 Å². The molecule has 0 radical (unpaired) electrons. The molecule has 1 saturated heterocycles. The first kappa shape index (κ1) is 31.5. The Morgan fingerprint density at radius 2 is 1.36 bits per heavy atom. The molecular formula is C36H33F3N2O4. The number of rotatable bonds is 9. The maximum Gasteiger partial charge on any atom is 0.416 e. The van der Waals surface area contributed by atoms with E-state index in [1.165, 1.54) is 19.1 Å². The van der Waals surface area contributed by atoms with Crippen LogP contribution in [0.5, 0.6) is 0 Å². The SMILES string of the molecule is CC(=O)N1CCC[C@H]1CN(C(=O)c1ccc(-c2ccc(C(F)(F)F)cc2)cc1)C(CC(=O)O)c1ccc(-c2ccccc2)cc1. The van der Waals surface area contributed by atoms with Crippen LogP contribution >= 0.6 is 0 Å². The van der Waals surface area contributed by atoms with Crippen LogP contribution < -0.4 is 0 Å². The number of amides is 2. The molecule has 2 amide bonds. The van der Waals surface area contributed by atoms with Crippen LogP contribution in [0.3, 0.4) is 0 Å². The van der Waals surface area contributed by atoms with Gasteiger partial charge in [0.05, 0.1) is 18.0 Å². The molecule has 4 aromatic rings. The van der Waals surface area contributed by atoms with Gasteiger partial charge in [-0.15, -0.1) is 0 Å². The van der Waals surface area contributed by atoms with E-state index in [1.54, 1.807) is 34.1 Å². The monoisotopic (exact) mass is 614 g/mol. The molecule has 0 saturated carbocycles. The second-order valence-electron chi connectivity index (χ2n) is 11.2. The summed E-state index contributed by atoms with van der Waals surface area (Å²) in [6.07, 6.45) is -3.32. The van der Waals surface area contributed by atoms with Crippen LogP contribution in [0.2, 0.25) is 0 Å². The van der Waals surface area contributed by atoms with Crippen molar-refractivity contribution >= 4 is 17.8 Å². The van der Waals surface area contributed by atoms with Gasteiger partial charge in [-0.05, 0) is 64.9 Å². The van der Waals surface area contributed by atoms with Gasteiger partial charge in [-0.25, -0.2) is 0 Å². The largest absolute Gasteiger partial charge is 0.481 e. The quantitative estimate of drug-likeness (QED) is 0.210. The molecule has 1 aliphatic rings. The van der Waals surface area contributed by atoms with E-state index in [0.29, 0.717) is 35.2 Å². The number of carbonyl (C=O) groups is 3. The molecule has 45 heavy (non-hydrogen) atoms. The summed E-state index contributed by atoms with van der Waals surface area (Å²) in [5.41, 5.74) is 3.34. The molecule has 0 aliphatic carbocycles. The number of aliphatic carboxylic acids is 1. The second-order valence-corrected chi connectivity index (χ2v) is 11.2. The fourth-order valence-corrected chi connectivity index (χ4v) is 5.94. The third kappa shape index (κ3) is 7.42. The van der Waals surface area contributed by atoms with Gasteiger partial charge in [0.15, 0.2) is 0 Å². The number of halogens is 3. The van der Waals surface area contributed by atoms with Crippen LogP contribution in [0, 0.1) is 0 Å². The molecule has 0 spiro atoms. The van der Waals surface area contributed by atoms with E-state index in [4.69, 9.17) is 0 Å². The number of nitrogens with zero attached hydrogens (tertiary/aromatic N) is 2. The third-order valence-electron chi connectivity index (χ3n) is 8.27. The molecule has 0 aromatic heterocycles. The molecule has 1 unspecified atom stereocenters. The predicted molar refractivity (Wildman–Crippen MR) is 165 cm³/mol. The Labute approximate surface area is 259 Å². The molecule has 2 atom stereocenters. The zero-order valence-corrected chi connectivity index (χ0v) is 24.7. The lowest BCUT2D eigenvalue weighted by molar-refractivity contribution is -0.139. The molecule has 1 fully saturated rings. The average molecular weight is 615 g/mol. The summed E-state index contributed by atoms with van der Waals surface area (Å²) in [6.45, 7) is 2.21. The number of carbonyl (C=O) groups excluding carboxylic acids is 2. The maximum absolute atomic E-state index is 14.2. The normalized spacial score (nSPS) is 15.5. The lowest BCUT2D eigenvalue weighted by Gasteiger charge is -2.36. The van der Waals surface area contributed by atoms with Crippen LogP contribution in [0.4, 0.5) is 13.2 Å². The van der Waals surface area contributed by atoms with E-state index in [-0.39, 0.29) is 24.9 Å². The van der Waals surface area contributed by atoms with Gasteiger partial charge in [-0.2, -0.15) is 13.2 Å². The summed E-state index contributed by atoms with van der Waals surface area (Å²) in [5, 5.41) is 9.94. The van der Waals surface area contributed by atoms with Gasteiger partial charge >= 0.3 is 12.1 Å². The summed E-state index contributed by atoms with van der Waals surface area (Å²) in [4.78, 5) is 42.0. The Kier molecular flexibility index (Phi) is 9.37. The molecule has 1 heterocycles. The van der Waals surface area contributed by atoms with E-state index in [2.05, 4.69) is 0 Å². The van der Waals surface area contributed by atoms with Crippen LogP contribution in [0.25, 0.3) is 22.3 Å². The van der Waals surface area contributed by atoms with Crippen molar-refractivity contribution in [1.82, 2.24) is 9.80 Å². The standard InChI is InChI=1S/C36H33F3N2O4/c1-24(42)40-21-5-8-32(40)23-41(33(22-34(43)44)29-13-9-26(10-14-29)25-6-3-2-4-7-25)35(45)30-15-11-27(12-16-30)28-17-19-31(20-18-28)36(37,38)39/h2-4,6-7,9-20,32-33H,5,8,21-23H2,1H3,(H,43,44)/t32-,33?/m0/s1. The van der Waals surface area contributed by atoms with Crippen LogP contribution in [0.1, 0.15) is 53.7 Å². The predicted octanol–water partition coefficient (Wildman–Crippen LogP) is 7.71. The van der Waals surface area contributed by atoms with Crippen molar-refractivity contribution in [2.45, 2.75) is 44.4 Å². The van der Waals surface area contributed by atoms with Crippen molar-refractivity contribution in [3.8, 4) is 22.3 Å². The third-order valence-corrected chi connectivity index (χ3v) is 8.27. The molecule has 6 nitrogen and oxygen atoms in total. The first-order valence-corrected chi connectivity index (χ1v) is 14.7. The van der Waals surface area contributed by atoms with Crippen molar-refractivity contribution < 1.29 is 32.7 Å². The molecule has 9 heteroatoms. The average Bonchev–Trinajstić information content (AvgIpc) is 3.51. The molecule has 0 bridgehead atoms. The highest BCUT2D eigenvalue weighted by molar-refractivity contribution is 5.95. The molecule has 1 aliphatic heterocycles. The van der Waals surface area contributed by atoms with E-state index in [9.17, 15) is 32.7 Å². The van der Waals surface area contributed by atoms with Crippen molar-refractivity contribution in [2.24, 2.45) is 0 Å². The lowest BCUT2D eigenvalue weighted by Crippen LogP contribution is -2.46. The first-order valence-electron chi connectivity index (χ1n) is 14.7. The van der Waals surface area contributed by atoms with Crippen molar-refractivity contribution in [2.75, 3.05) is 13.1 Å². The summed E-state index contributed by atoms with van der Waals surface area (Å²) < 4.78 is 39.1. The fraction of sp³-hybridized carbons (Fsp3) is 0.250. The number of hydrogen-bond acceptors (Lipinski definition) is 3. The maximum atomic E-state index is 14.2. The number of likely N-dealkylation sites (tertiary alicyclic amines) is 1. The van der Waals surface area contributed by atoms with Crippen LogP contribution in [-0.2, 0) is 15.8 Å². The Morgan fingerprint density at radius 1 is 0.822 bits per heavy atom. The minimum absolute atomic E-state index is 0.104. The molecule has 4 aromatic carbocycles. The number of carboxylic acid groups (broad SMARTS) is 1. The van der Waals surface area contributed by atoms with Gasteiger partial charge in [-0.3, -0.25) is 14.4 Å². The van der Waals surface area contributed by atoms with Crippen molar-refractivity contribution in [3.05, 3.63) is 120 Å². The zero-order valence-electron chi connectivity index (χ0n) is 24.7. The van der Waals surface area contributed by atoms with Gasteiger partial charge in [0.25, 0.3) is 5.91 Å². The highest BCUT2D eigenvalue weighted by Crippen LogP contribution is 2.33. The Balaban J connectivity index is 1.48. The van der Waals surface area contributed by atoms with Crippen molar-refractivity contribution in [1.29, 1.82) is 0 Å². The van der Waals surface area contributed by atoms with Crippen LogP contribution in [0.15, 0.2) is 103 Å². The van der Waals surface area contributed by atoms with Crippen molar-refractivity contribution in [3.63, 3.8) is 0 Å². The molecule has 5 rings (SSSR count). The van der Waals surface area contributed by atoms with E-state index >= 15 is 0 Å². The first-order chi connectivity index (χ1) is 21.5. The molecule has 232 valence electrons. The lowest BCUT2D eigenvalue weighted by atomic mass is 9.96. The Morgan fingerprint density at radius 3 is 1.89 bits per heavy atom. The molecule has 1 N–H and O–H groups in total. The van der Waals surface area contributed by atoms with E-state index < -0.39 is 29.7 Å². The summed E-state index contributed by atoms with van der Waals surface area (Å²) in [5.74, 6) is -1.58. The summed E-state index contributed by atoms with van der Waals surface area (Å²) >= 11 is 0. The van der Waals surface area contributed by atoms with Gasteiger partial charge in [0, 0.05) is 31.6 Å². The fourth-order valence-electron chi connectivity index (χ4n) is 5.94. The van der Waals surface area contributed by atoms with E-state index in [0.717, 1.165) is 29.7 Å². The van der Waals surface area contributed by atoms with E-state index in [1.807, 2.05) is 54.6 Å². The second kappa shape index (κ2) is 13.4. The minimum Gasteiger partial charge on any atom is -0.481 e. The minimum atomic E-state index is -4.44. The number of benzene rings is 4. The van der Waals surface area contributed by atoms with Gasteiger partial charge in [0.2, 0.25) is 5.91 Å². The topological polar surface area (TPSA) is 77.9 Å². The van der Waals surface area contributed by atoms with Gasteiger partial charge < -0.3 is 14.9 Å². The summed E-state index contributed by atoms with van der Waals surface area (Å²) in [6, 6.07) is 27.4. The number of carboxylic acids is 1. The Bertz CT molecular complexity index is 1640. The highest BCUT2D eigenvalue weighted by atomic mass is 19.4.